The quantitative estimate of drug-likeness (QED) is 0.807. The second-order valence-electron chi connectivity index (χ2n) is 6.23. The molecule has 1 heterocycles. The van der Waals surface area contributed by atoms with Gasteiger partial charge in [-0.05, 0) is 66.6 Å². The van der Waals surface area contributed by atoms with Gasteiger partial charge < -0.3 is 4.90 Å². The van der Waals surface area contributed by atoms with Crippen LogP contribution >= 0.6 is 11.3 Å². The van der Waals surface area contributed by atoms with Crippen LogP contribution in [-0.2, 0) is 12.8 Å². The molecule has 0 amide bonds. The molecule has 0 aliphatic heterocycles. The molecule has 1 aliphatic rings. The first-order chi connectivity index (χ1) is 10.1. The highest BCUT2D eigenvalue weighted by Gasteiger charge is 2.19. The van der Waals surface area contributed by atoms with Crippen molar-refractivity contribution in [3.05, 3.63) is 63.4 Å². The first kappa shape index (κ1) is 14.6. The van der Waals surface area contributed by atoms with Crippen molar-refractivity contribution in [2.45, 2.75) is 19.8 Å². The standard InChI is InChI=1S/C19H23NS/c1-14(13-20(2)3)12-18-16-7-5-4-6-15(16)8-9-19-17(18)10-11-21-19/h4-7,10-12,14H,8-9,13H2,1-3H3. The van der Waals surface area contributed by atoms with Crippen molar-refractivity contribution in [1.82, 2.24) is 4.90 Å². The molecule has 2 aromatic rings. The van der Waals surface area contributed by atoms with Crippen LogP contribution < -0.4 is 0 Å². The molecule has 0 saturated heterocycles. The maximum Gasteiger partial charge on any atom is 0.0127 e. The second kappa shape index (κ2) is 6.17. The lowest BCUT2D eigenvalue weighted by molar-refractivity contribution is 0.371. The summed E-state index contributed by atoms with van der Waals surface area (Å²) in [6, 6.07) is 11.2. The van der Waals surface area contributed by atoms with Gasteiger partial charge in [-0.1, -0.05) is 37.3 Å². The first-order valence-electron chi connectivity index (χ1n) is 7.66. The van der Waals surface area contributed by atoms with Gasteiger partial charge in [0, 0.05) is 11.4 Å². The molecular formula is C19H23NS. The summed E-state index contributed by atoms with van der Waals surface area (Å²) in [5.74, 6) is 0.550. The Morgan fingerprint density at radius 1 is 1.14 bits per heavy atom. The van der Waals surface area contributed by atoms with E-state index in [1.165, 1.54) is 33.6 Å². The molecule has 0 radical (unpaired) electrons. The van der Waals surface area contributed by atoms with Gasteiger partial charge in [-0.2, -0.15) is 0 Å². The SMILES string of the molecule is CC(C=C1c2ccccc2CCc2sccc21)CN(C)C. The van der Waals surface area contributed by atoms with Crippen LogP contribution in [0.2, 0.25) is 0 Å². The molecule has 0 N–H and O–H groups in total. The van der Waals surface area contributed by atoms with Crippen LogP contribution in [0.5, 0.6) is 0 Å². The fourth-order valence-electron chi connectivity index (χ4n) is 3.26. The number of fused-ring (bicyclic) bond motifs is 2. The third kappa shape index (κ3) is 3.12. The molecule has 0 bridgehead atoms. The topological polar surface area (TPSA) is 3.24 Å². The van der Waals surface area contributed by atoms with Crippen LogP contribution in [0.4, 0.5) is 0 Å². The van der Waals surface area contributed by atoms with Crippen LogP contribution in [-0.4, -0.2) is 25.5 Å². The van der Waals surface area contributed by atoms with Crippen molar-refractivity contribution in [1.29, 1.82) is 0 Å². The molecule has 1 aliphatic carbocycles. The van der Waals surface area contributed by atoms with E-state index in [1.54, 1.807) is 0 Å². The lowest BCUT2D eigenvalue weighted by Crippen LogP contribution is -2.18. The summed E-state index contributed by atoms with van der Waals surface area (Å²) < 4.78 is 0. The molecule has 1 unspecified atom stereocenters. The van der Waals surface area contributed by atoms with E-state index < -0.39 is 0 Å². The van der Waals surface area contributed by atoms with Crippen molar-refractivity contribution in [3.63, 3.8) is 0 Å². The maximum atomic E-state index is 2.47. The summed E-state index contributed by atoms with van der Waals surface area (Å²) in [6.45, 7) is 3.40. The largest absolute Gasteiger partial charge is 0.309 e. The molecule has 0 spiro atoms. The van der Waals surface area contributed by atoms with Crippen LogP contribution in [0.25, 0.3) is 5.57 Å². The Morgan fingerprint density at radius 3 is 2.76 bits per heavy atom. The number of benzene rings is 1. The van der Waals surface area contributed by atoms with Crippen LogP contribution in [0.15, 0.2) is 41.8 Å². The highest BCUT2D eigenvalue weighted by atomic mass is 32.1. The van der Waals surface area contributed by atoms with Gasteiger partial charge in [0.1, 0.15) is 0 Å². The zero-order valence-corrected chi connectivity index (χ0v) is 13.9. The van der Waals surface area contributed by atoms with Gasteiger partial charge in [0.15, 0.2) is 0 Å². The zero-order valence-electron chi connectivity index (χ0n) is 13.1. The molecular weight excluding hydrogens is 274 g/mol. The Balaban J connectivity index is 2.08. The lowest BCUT2D eigenvalue weighted by Gasteiger charge is -2.16. The van der Waals surface area contributed by atoms with Gasteiger partial charge >= 0.3 is 0 Å². The molecule has 1 atom stereocenters. The number of hydrogen-bond acceptors (Lipinski definition) is 2. The molecule has 1 nitrogen and oxygen atoms in total. The van der Waals surface area contributed by atoms with Crippen molar-refractivity contribution in [2.24, 2.45) is 5.92 Å². The smallest absolute Gasteiger partial charge is 0.0127 e. The van der Waals surface area contributed by atoms with Gasteiger partial charge in [0.25, 0.3) is 0 Å². The lowest BCUT2D eigenvalue weighted by atomic mass is 9.93. The van der Waals surface area contributed by atoms with Gasteiger partial charge in [-0.3, -0.25) is 0 Å². The van der Waals surface area contributed by atoms with Gasteiger partial charge in [-0.25, -0.2) is 0 Å². The molecule has 110 valence electrons. The number of thiophene rings is 1. The highest BCUT2D eigenvalue weighted by molar-refractivity contribution is 7.10. The maximum absolute atomic E-state index is 2.47. The van der Waals surface area contributed by atoms with Gasteiger partial charge in [0.05, 0.1) is 0 Å². The molecule has 1 aromatic carbocycles. The molecule has 2 heteroatoms. The fourth-order valence-corrected chi connectivity index (χ4v) is 4.15. The summed E-state index contributed by atoms with van der Waals surface area (Å²) >= 11 is 1.90. The van der Waals surface area contributed by atoms with E-state index in [2.05, 4.69) is 67.7 Å². The minimum atomic E-state index is 0.550. The Bertz CT molecular complexity index is 651. The number of aryl methyl sites for hydroxylation is 2. The Morgan fingerprint density at radius 2 is 1.95 bits per heavy atom. The van der Waals surface area contributed by atoms with E-state index in [4.69, 9.17) is 0 Å². The predicted molar refractivity (Wildman–Crippen MR) is 93.0 cm³/mol. The van der Waals surface area contributed by atoms with Crippen LogP contribution in [0.1, 0.15) is 28.5 Å². The summed E-state index contributed by atoms with van der Waals surface area (Å²) in [4.78, 5) is 3.80. The van der Waals surface area contributed by atoms with Crippen LogP contribution in [0.3, 0.4) is 0 Å². The molecule has 1 aromatic heterocycles. The molecule has 3 rings (SSSR count). The first-order valence-corrected chi connectivity index (χ1v) is 8.54. The molecule has 0 fully saturated rings. The van der Waals surface area contributed by atoms with E-state index >= 15 is 0 Å². The number of hydrogen-bond donors (Lipinski definition) is 0. The predicted octanol–water partition coefficient (Wildman–Crippen LogP) is 4.48. The van der Waals surface area contributed by atoms with E-state index in [0.29, 0.717) is 5.92 Å². The van der Waals surface area contributed by atoms with Crippen molar-refractivity contribution in [2.75, 3.05) is 20.6 Å². The number of nitrogens with zero attached hydrogens (tertiary/aromatic N) is 1. The Hall–Kier alpha value is -1.38. The highest BCUT2D eigenvalue weighted by Crippen LogP contribution is 2.36. The van der Waals surface area contributed by atoms with Crippen molar-refractivity contribution in [3.8, 4) is 0 Å². The van der Waals surface area contributed by atoms with E-state index in [0.717, 1.165) is 13.0 Å². The Labute approximate surface area is 131 Å². The average molecular weight is 297 g/mol. The average Bonchev–Trinajstić information content (AvgIpc) is 2.85. The van der Waals surface area contributed by atoms with Crippen LogP contribution in [0, 0.1) is 5.92 Å². The van der Waals surface area contributed by atoms with Gasteiger partial charge in [0.2, 0.25) is 0 Å². The monoisotopic (exact) mass is 297 g/mol. The second-order valence-corrected chi connectivity index (χ2v) is 7.24. The van der Waals surface area contributed by atoms with E-state index in [-0.39, 0.29) is 0 Å². The third-order valence-electron chi connectivity index (χ3n) is 4.07. The fraction of sp³-hybridized carbons (Fsp3) is 0.368. The number of rotatable bonds is 3. The van der Waals surface area contributed by atoms with Gasteiger partial charge in [-0.15, -0.1) is 11.3 Å². The summed E-state index contributed by atoms with van der Waals surface area (Å²) in [6.07, 6.45) is 4.79. The van der Waals surface area contributed by atoms with E-state index in [9.17, 15) is 0 Å². The normalized spacial score (nSPS) is 17.4. The third-order valence-corrected chi connectivity index (χ3v) is 5.05. The minimum Gasteiger partial charge on any atom is -0.309 e. The Kier molecular flexibility index (Phi) is 4.27. The minimum absolute atomic E-state index is 0.550. The summed E-state index contributed by atoms with van der Waals surface area (Å²) in [7, 11) is 4.29. The molecule has 21 heavy (non-hydrogen) atoms. The zero-order chi connectivity index (χ0) is 14.8. The van der Waals surface area contributed by atoms with Crippen molar-refractivity contribution >= 4 is 16.9 Å². The summed E-state index contributed by atoms with van der Waals surface area (Å²) in [5, 5.41) is 2.24. The molecule has 0 saturated carbocycles. The van der Waals surface area contributed by atoms with E-state index in [1.807, 2.05) is 11.3 Å². The van der Waals surface area contributed by atoms with Crippen molar-refractivity contribution < 1.29 is 0 Å². The summed E-state index contributed by atoms with van der Waals surface area (Å²) in [5.41, 5.74) is 5.81.